The van der Waals surface area contributed by atoms with Crippen molar-refractivity contribution >= 4 is 40.4 Å². The van der Waals surface area contributed by atoms with Gasteiger partial charge < -0.3 is 14.2 Å². The third kappa shape index (κ3) is 5.84. The average Bonchev–Trinajstić information content (AvgIpc) is 2.69. The number of benzene rings is 2. The van der Waals surface area contributed by atoms with E-state index in [0.29, 0.717) is 17.1 Å². The zero-order valence-corrected chi connectivity index (χ0v) is 16.7. The Labute approximate surface area is 169 Å². The van der Waals surface area contributed by atoms with Crippen molar-refractivity contribution in [3.8, 4) is 11.5 Å². The molecule has 0 saturated heterocycles. The van der Waals surface area contributed by atoms with Gasteiger partial charge in [-0.1, -0.05) is 6.07 Å². The minimum atomic E-state index is -0.678. The molecule has 2 aromatic carbocycles. The van der Waals surface area contributed by atoms with Crippen LogP contribution in [0, 0.1) is 3.57 Å². The number of rotatable bonds is 6. The van der Waals surface area contributed by atoms with Gasteiger partial charge in [0.2, 0.25) is 0 Å². The monoisotopic (exact) mass is 484 g/mol. The SMILES string of the molecule is COc1ccc(C(=O)NNC(=O)COC(=O)c2cccc(I)c2)cc1OC. The Hall–Kier alpha value is -2.82. The van der Waals surface area contributed by atoms with Gasteiger partial charge in [0.25, 0.3) is 11.8 Å². The molecule has 0 unspecified atom stereocenters. The number of carbonyl (C=O) groups excluding carboxylic acids is 3. The molecule has 0 spiro atoms. The molecule has 0 aliphatic rings. The third-order valence-electron chi connectivity index (χ3n) is 3.36. The highest BCUT2D eigenvalue weighted by molar-refractivity contribution is 14.1. The zero-order valence-electron chi connectivity index (χ0n) is 14.6. The summed E-state index contributed by atoms with van der Waals surface area (Å²) in [5.74, 6) is -1.02. The molecule has 0 heterocycles. The molecule has 0 atom stereocenters. The Balaban J connectivity index is 1.84. The molecule has 142 valence electrons. The highest BCUT2D eigenvalue weighted by Gasteiger charge is 2.13. The van der Waals surface area contributed by atoms with E-state index < -0.39 is 24.4 Å². The van der Waals surface area contributed by atoms with Crippen LogP contribution in [0.2, 0.25) is 0 Å². The lowest BCUT2D eigenvalue weighted by Gasteiger charge is -2.11. The van der Waals surface area contributed by atoms with Gasteiger partial charge in [-0.15, -0.1) is 0 Å². The molecule has 2 aromatic rings. The van der Waals surface area contributed by atoms with Gasteiger partial charge >= 0.3 is 5.97 Å². The Morgan fingerprint density at radius 2 is 1.67 bits per heavy atom. The maximum Gasteiger partial charge on any atom is 0.338 e. The van der Waals surface area contributed by atoms with Crippen molar-refractivity contribution in [2.24, 2.45) is 0 Å². The van der Waals surface area contributed by atoms with E-state index in [1.54, 1.807) is 24.3 Å². The number of halogens is 1. The second kappa shape index (κ2) is 9.76. The van der Waals surface area contributed by atoms with Crippen LogP contribution in [0.4, 0.5) is 0 Å². The maximum absolute atomic E-state index is 12.1. The molecule has 27 heavy (non-hydrogen) atoms. The van der Waals surface area contributed by atoms with Crippen LogP contribution in [0.5, 0.6) is 11.5 Å². The van der Waals surface area contributed by atoms with Crippen LogP contribution in [-0.2, 0) is 9.53 Å². The second-order valence-electron chi connectivity index (χ2n) is 5.16. The number of hydrogen-bond acceptors (Lipinski definition) is 6. The van der Waals surface area contributed by atoms with Crippen molar-refractivity contribution < 1.29 is 28.6 Å². The van der Waals surface area contributed by atoms with Crippen molar-refractivity contribution in [3.05, 3.63) is 57.2 Å². The molecule has 0 fully saturated rings. The highest BCUT2D eigenvalue weighted by Crippen LogP contribution is 2.27. The van der Waals surface area contributed by atoms with Crippen LogP contribution in [0.25, 0.3) is 0 Å². The summed E-state index contributed by atoms with van der Waals surface area (Å²) in [6, 6.07) is 11.3. The Kier molecular flexibility index (Phi) is 7.41. The molecule has 8 nitrogen and oxygen atoms in total. The number of nitrogens with one attached hydrogen (secondary N) is 2. The number of carbonyl (C=O) groups is 3. The lowest BCUT2D eigenvalue weighted by molar-refractivity contribution is -0.125. The number of ether oxygens (including phenoxy) is 3. The molecule has 0 saturated carbocycles. The Bertz CT molecular complexity index is 855. The molecule has 2 N–H and O–H groups in total. The van der Waals surface area contributed by atoms with Crippen molar-refractivity contribution in [1.29, 1.82) is 0 Å². The Morgan fingerprint density at radius 1 is 0.926 bits per heavy atom. The van der Waals surface area contributed by atoms with E-state index in [4.69, 9.17) is 14.2 Å². The minimum Gasteiger partial charge on any atom is -0.493 e. The molecule has 2 rings (SSSR count). The summed E-state index contributed by atoms with van der Waals surface area (Å²) in [6.07, 6.45) is 0. The van der Waals surface area contributed by atoms with E-state index in [1.165, 1.54) is 26.4 Å². The molecule has 9 heteroatoms. The highest BCUT2D eigenvalue weighted by atomic mass is 127. The van der Waals surface area contributed by atoms with Crippen LogP contribution < -0.4 is 20.3 Å². The van der Waals surface area contributed by atoms with E-state index in [1.807, 2.05) is 6.07 Å². The quantitative estimate of drug-likeness (QED) is 0.369. The molecular formula is C18H17IN2O6. The lowest BCUT2D eigenvalue weighted by Crippen LogP contribution is -2.43. The van der Waals surface area contributed by atoms with Gasteiger partial charge in [-0.25, -0.2) is 4.79 Å². The second-order valence-corrected chi connectivity index (χ2v) is 6.40. The fraction of sp³-hybridized carbons (Fsp3) is 0.167. The first-order valence-electron chi connectivity index (χ1n) is 7.68. The number of hydrazine groups is 1. The van der Waals surface area contributed by atoms with E-state index >= 15 is 0 Å². The van der Waals surface area contributed by atoms with E-state index in [0.717, 1.165) is 3.57 Å². The smallest absolute Gasteiger partial charge is 0.338 e. The van der Waals surface area contributed by atoms with Gasteiger partial charge in [0.15, 0.2) is 18.1 Å². The summed E-state index contributed by atoms with van der Waals surface area (Å²) in [7, 11) is 2.93. The number of amides is 2. The van der Waals surface area contributed by atoms with E-state index in [2.05, 4.69) is 33.4 Å². The molecule has 0 aliphatic heterocycles. The van der Waals surface area contributed by atoms with Gasteiger partial charge in [-0.05, 0) is 59.0 Å². The van der Waals surface area contributed by atoms with Crippen molar-refractivity contribution in [2.45, 2.75) is 0 Å². The number of esters is 1. The van der Waals surface area contributed by atoms with Gasteiger partial charge in [0.05, 0.1) is 19.8 Å². The van der Waals surface area contributed by atoms with Crippen LogP contribution in [0.3, 0.4) is 0 Å². The topological polar surface area (TPSA) is 103 Å². The molecular weight excluding hydrogens is 467 g/mol. The van der Waals surface area contributed by atoms with Crippen molar-refractivity contribution in [3.63, 3.8) is 0 Å². The van der Waals surface area contributed by atoms with Gasteiger partial charge in [0, 0.05) is 9.13 Å². The van der Waals surface area contributed by atoms with Crippen LogP contribution in [0.1, 0.15) is 20.7 Å². The lowest BCUT2D eigenvalue weighted by atomic mass is 10.2. The first-order chi connectivity index (χ1) is 12.9. The van der Waals surface area contributed by atoms with Gasteiger partial charge in [0.1, 0.15) is 0 Å². The van der Waals surface area contributed by atoms with Crippen LogP contribution >= 0.6 is 22.6 Å². The van der Waals surface area contributed by atoms with Crippen molar-refractivity contribution in [1.82, 2.24) is 10.9 Å². The molecule has 2 amide bonds. The summed E-state index contributed by atoms with van der Waals surface area (Å²) in [5.41, 5.74) is 5.00. The fourth-order valence-corrected chi connectivity index (χ4v) is 2.59. The first kappa shape index (κ1) is 20.5. The molecule has 0 aromatic heterocycles. The number of hydrogen-bond donors (Lipinski definition) is 2. The zero-order chi connectivity index (χ0) is 19.8. The van der Waals surface area contributed by atoms with Gasteiger partial charge in [-0.2, -0.15) is 0 Å². The van der Waals surface area contributed by atoms with E-state index in [-0.39, 0.29) is 5.56 Å². The fourth-order valence-electron chi connectivity index (χ4n) is 2.04. The normalized spacial score (nSPS) is 9.89. The number of methoxy groups -OCH3 is 2. The van der Waals surface area contributed by atoms with E-state index in [9.17, 15) is 14.4 Å². The average molecular weight is 484 g/mol. The van der Waals surface area contributed by atoms with Crippen molar-refractivity contribution in [2.75, 3.05) is 20.8 Å². The largest absolute Gasteiger partial charge is 0.493 e. The summed E-state index contributed by atoms with van der Waals surface area (Å²) >= 11 is 2.06. The summed E-state index contributed by atoms with van der Waals surface area (Å²) in [6.45, 7) is -0.531. The summed E-state index contributed by atoms with van der Waals surface area (Å²) in [5, 5.41) is 0. The standard InChI is InChI=1S/C18H17IN2O6/c1-25-14-7-6-11(9-15(14)26-2)17(23)21-20-16(22)10-27-18(24)12-4-3-5-13(19)8-12/h3-9H,10H2,1-2H3,(H,20,22)(H,21,23). The molecule has 0 radical (unpaired) electrons. The minimum absolute atomic E-state index is 0.254. The Morgan fingerprint density at radius 3 is 2.33 bits per heavy atom. The third-order valence-corrected chi connectivity index (χ3v) is 4.03. The predicted molar refractivity (Wildman–Crippen MR) is 105 cm³/mol. The summed E-state index contributed by atoms with van der Waals surface area (Å²) < 4.78 is 16.0. The maximum atomic E-state index is 12.1. The van der Waals surface area contributed by atoms with Crippen LogP contribution in [-0.4, -0.2) is 38.6 Å². The van der Waals surface area contributed by atoms with Gasteiger partial charge in [-0.3, -0.25) is 20.4 Å². The first-order valence-corrected chi connectivity index (χ1v) is 8.76. The predicted octanol–water partition coefficient (Wildman–Crippen LogP) is 1.93. The molecule has 0 aliphatic carbocycles. The molecule has 0 bridgehead atoms. The van der Waals surface area contributed by atoms with Crippen LogP contribution in [0.15, 0.2) is 42.5 Å². The summed E-state index contributed by atoms with van der Waals surface area (Å²) in [4.78, 5) is 35.7.